The highest BCUT2D eigenvalue weighted by Crippen LogP contribution is 2.44. The van der Waals surface area contributed by atoms with Crippen molar-refractivity contribution in [1.82, 2.24) is 5.32 Å². The van der Waals surface area contributed by atoms with E-state index in [-0.39, 0.29) is 12.5 Å². The summed E-state index contributed by atoms with van der Waals surface area (Å²) in [5.41, 5.74) is 4.55. The lowest BCUT2D eigenvalue weighted by Gasteiger charge is -2.17. The van der Waals surface area contributed by atoms with Crippen molar-refractivity contribution in [3.63, 3.8) is 0 Å². The van der Waals surface area contributed by atoms with E-state index in [2.05, 4.69) is 17.4 Å². The van der Waals surface area contributed by atoms with Crippen molar-refractivity contribution in [1.29, 1.82) is 0 Å². The van der Waals surface area contributed by atoms with Gasteiger partial charge in [0.2, 0.25) is 0 Å². The van der Waals surface area contributed by atoms with Crippen LogP contribution < -0.4 is 5.32 Å². The van der Waals surface area contributed by atoms with Gasteiger partial charge in [-0.1, -0.05) is 48.5 Å². The molecule has 0 saturated heterocycles. The van der Waals surface area contributed by atoms with Crippen molar-refractivity contribution in [2.45, 2.75) is 18.4 Å². The zero-order valence-electron chi connectivity index (χ0n) is 14.5. The van der Waals surface area contributed by atoms with Crippen LogP contribution in [0.2, 0.25) is 0 Å². The molecule has 0 aromatic heterocycles. The molecule has 0 fully saturated rings. The number of carboxylic acid groups (broad SMARTS) is 1. The second-order valence-corrected chi connectivity index (χ2v) is 7.13. The first kappa shape index (κ1) is 18.3. The van der Waals surface area contributed by atoms with Crippen LogP contribution in [0.1, 0.15) is 23.5 Å². The number of thioether (sulfide) groups is 1. The number of nitrogens with one attached hydrogen (secondary N) is 1. The van der Waals surface area contributed by atoms with Crippen molar-refractivity contribution < 1.29 is 19.4 Å². The topological polar surface area (TPSA) is 75.6 Å². The molecule has 1 atom stereocenters. The predicted octanol–water partition coefficient (Wildman–Crippen LogP) is 3.73. The van der Waals surface area contributed by atoms with Gasteiger partial charge in [-0.15, -0.1) is 0 Å². The molecule has 3 rings (SSSR count). The Morgan fingerprint density at radius 3 is 2.23 bits per heavy atom. The molecule has 1 aliphatic rings. The molecule has 0 heterocycles. The van der Waals surface area contributed by atoms with E-state index in [1.165, 1.54) is 11.8 Å². The fourth-order valence-corrected chi connectivity index (χ4v) is 3.75. The number of hydrogen-bond acceptors (Lipinski definition) is 4. The maximum Gasteiger partial charge on any atom is 0.407 e. The van der Waals surface area contributed by atoms with Crippen molar-refractivity contribution in [3.8, 4) is 11.1 Å². The summed E-state index contributed by atoms with van der Waals surface area (Å²) in [4.78, 5) is 23.3. The lowest BCUT2D eigenvalue weighted by atomic mass is 9.98. The highest BCUT2D eigenvalue weighted by molar-refractivity contribution is 7.98. The van der Waals surface area contributed by atoms with E-state index in [4.69, 9.17) is 4.74 Å². The minimum Gasteiger partial charge on any atom is -0.480 e. The minimum absolute atomic E-state index is 0.0392. The molecule has 136 valence electrons. The van der Waals surface area contributed by atoms with E-state index < -0.39 is 18.1 Å². The third-order valence-corrected chi connectivity index (χ3v) is 5.19. The maximum atomic E-state index is 12.1. The van der Waals surface area contributed by atoms with Gasteiger partial charge in [-0.2, -0.15) is 11.8 Å². The number of carbonyl (C=O) groups excluding carboxylic acids is 1. The number of carboxylic acids is 1. The Balaban J connectivity index is 1.68. The molecule has 0 spiro atoms. The average molecular weight is 377 g/mol. The number of amides is 1. The Labute approximate surface area is 156 Å². The van der Waals surface area contributed by atoms with Crippen LogP contribution in [0, 0.1) is 0 Å². The largest absolute Gasteiger partial charge is 0.480 e. The van der Waals surface area contributed by atoms with E-state index in [1.54, 1.807) is 0 Å². The van der Waals surface area contributed by atoms with Crippen molar-refractivity contribution in [2.24, 2.45) is 0 Å². The maximum absolute atomic E-state index is 12.1. The molecule has 2 aromatic rings. The van der Waals surface area contributed by atoms with Crippen LogP contribution in [0.15, 0.2) is 48.5 Å². The summed E-state index contributed by atoms with van der Waals surface area (Å²) in [6, 6.07) is 15.2. The summed E-state index contributed by atoms with van der Waals surface area (Å²) in [7, 11) is 0. The molecule has 26 heavy (non-hydrogen) atoms. The monoisotopic (exact) mass is 377 g/mol. The fraction of sp³-hybridized carbons (Fsp3) is 0.300. The number of hydrogen-bond donors (Lipinski definition) is 2. The zero-order chi connectivity index (χ0) is 18.5. The molecule has 1 amide bonds. The molecule has 5 nitrogen and oxygen atoms in total. The second-order valence-electron chi connectivity index (χ2n) is 6.14. The first-order chi connectivity index (χ1) is 12.6. The zero-order valence-corrected chi connectivity index (χ0v) is 15.3. The average Bonchev–Trinajstić information content (AvgIpc) is 2.97. The standard InChI is InChI=1S/C20H21NO4S/c1-26-11-10-18(19(22)23)21-20(24)25-12-17-15-8-4-2-6-13(15)14-7-3-5-9-16(14)17/h2-9,17-18H,10-12H2,1H3,(H,21,24)(H,22,23)/t18-/m0/s1/i1+1,10+1,11+1,18+1,19+1,21+1. The number of ether oxygens (including phenoxy) is 1. The van der Waals surface area contributed by atoms with E-state index in [1.807, 2.05) is 42.7 Å². The summed E-state index contributed by atoms with van der Waals surface area (Å²) < 4.78 is 5.38. The number of carbonyl (C=O) groups is 2. The normalized spacial score (nSPS) is 13.6. The third-order valence-electron chi connectivity index (χ3n) is 4.54. The highest BCUT2D eigenvalue weighted by atomic mass is 32.2. The van der Waals surface area contributed by atoms with Crippen LogP contribution in [0.25, 0.3) is 11.1 Å². The molecule has 0 aliphatic heterocycles. The highest BCUT2D eigenvalue weighted by Gasteiger charge is 2.29. The molecule has 0 bridgehead atoms. The molecule has 0 saturated carbocycles. The van der Waals surface area contributed by atoms with E-state index in [9.17, 15) is 14.7 Å². The SMILES string of the molecule is [13CH3]S[13CH2][13CH2][13C@H]([15NH]C(=O)OCC1c2ccccc2-c2ccccc21)[13C](=O)O. The summed E-state index contributed by atoms with van der Waals surface area (Å²) in [5.74, 6) is -0.434. The van der Waals surface area contributed by atoms with Crippen LogP contribution >= 0.6 is 11.8 Å². The van der Waals surface area contributed by atoms with Gasteiger partial charge >= 0.3 is 12.1 Å². The molecule has 0 radical (unpaired) electrons. The first-order valence-corrected chi connectivity index (χ1v) is 9.84. The number of alkyl carbamates (subject to hydrolysis) is 1. The summed E-state index contributed by atoms with van der Waals surface area (Å²) in [6.45, 7) is 0.175. The second kappa shape index (κ2) is 8.27. The Hall–Kier alpha value is -2.47. The summed E-state index contributed by atoms with van der Waals surface area (Å²) >= 11 is 1.54. The predicted molar refractivity (Wildman–Crippen MR) is 103 cm³/mol. The number of aliphatic carboxylic acids is 1. The minimum atomic E-state index is -1.05. The van der Waals surface area contributed by atoms with Crippen LogP contribution in [-0.2, 0) is 9.53 Å². The van der Waals surface area contributed by atoms with Crippen LogP contribution in [-0.4, -0.2) is 41.8 Å². The van der Waals surface area contributed by atoms with E-state index in [0.29, 0.717) is 12.2 Å². The van der Waals surface area contributed by atoms with Crippen molar-refractivity contribution >= 4 is 23.8 Å². The van der Waals surface area contributed by atoms with Crippen molar-refractivity contribution in [2.75, 3.05) is 18.6 Å². The van der Waals surface area contributed by atoms with Crippen LogP contribution in [0.3, 0.4) is 0 Å². The smallest absolute Gasteiger partial charge is 0.407 e. The lowest BCUT2D eigenvalue weighted by Crippen LogP contribution is -2.41. The molecular formula is C20H21NO4S. The van der Waals surface area contributed by atoms with E-state index >= 15 is 0 Å². The van der Waals surface area contributed by atoms with Gasteiger partial charge in [0.25, 0.3) is 0 Å². The van der Waals surface area contributed by atoms with Gasteiger partial charge in [0.15, 0.2) is 0 Å². The van der Waals surface area contributed by atoms with Gasteiger partial charge in [0.1, 0.15) is 12.6 Å². The fourth-order valence-electron chi connectivity index (χ4n) is 3.28. The van der Waals surface area contributed by atoms with Gasteiger partial charge in [-0.3, -0.25) is 0 Å². The molecule has 6 heteroatoms. The van der Waals surface area contributed by atoms with Gasteiger partial charge in [0, 0.05) is 5.92 Å². The molecule has 2 aromatic carbocycles. The third kappa shape index (κ3) is 3.85. The number of benzene rings is 2. The quantitative estimate of drug-likeness (QED) is 0.568. The summed E-state index contributed by atoms with van der Waals surface area (Å²) in [6.07, 6.45) is 1.56. The summed E-state index contributed by atoms with van der Waals surface area (Å²) in [5, 5.41) is 11.7. The lowest BCUT2D eigenvalue weighted by molar-refractivity contribution is -0.139. The van der Waals surface area contributed by atoms with Crippen LogP contribution in [0.4, 0.5) is 4.79 Å². The van der Waals surface area contributed by atoms with Crippen molar-refractivity contribution in [3.05, 3.63) is 59.7 Å². The van der Waals surface area contributed by atoms with Gasteiger partial charge < -0.3 is 15.2 Å². The number of fused-ring (bicyclic) bond motifs is 3. The molecular weight excluding hydrogens is 356 g/mol. The Morgan fingerprint density at radius 1 is 1.12 bits per heavy atom. The molecule has 1 aliphatic carbocycles. The van der Waals surface area contributed by atoms with E-state index in [0.717, 1.165) is 22.3 Å². The molecule has 0 unspecified atom stereocenters. The first-order valence-electron chi connectivity index (χ1n) is 8.45. The Bertz CT molecular complexity index is 762. The Morgan fingerprint density at radius 2 is 1.69 bits per heavy atom. The van der Waals surface area contributed by atoms with Crippen LogP contribution in [0.5, 0.6) is 0 Å². The Kier molecular flexibility index (Phi) is 5.83. The van der Waals surface area contributed by atoms with Gasteiger partial charge in [-0.25, -0.2) is 9.59 Å². The van der Waals surface area contributed by atoms with Gasteiger partial charge in [-0.05, 0) is 40.7 Å². The van der Waals surface area contributed by atoms with Gasteiger partial charge in [0.05, 0.1) is 0 Å². The molecule has 2 N–H and O–H groups in total. The number of rotatable bonds is 7.